The summed E-state index contributed by atoms with van der Waals surface area (Å²) in [5.41, 5.74) is 7.78. The second-order valence-electron chi connectivity index (χ2n) is 11.4. The summed E-state index contributed by atoms with van der Waals surface area (Å²) < 4.78 is 3.21. The minimum absolute atomic E-state index is 0.228. The van der Waals surface area contributed by atoms with Crippen molar-refractivity contribution in [3.05, 3.63) is 107 Å². The normalized spacial score (nSPS) is 14.7. The van der Waals surface area contributed by atoms with E-state index in [0.29, 0.717) is 35.8 Å². The quantitative estimate of drug-likeness (QED) is 0.145. The minimum Gasteiger partial charge on any atom is -0.507 e. The van der Waals surface area contributed by atoms with Crippen LogP contribution in [0.1, 0.15) is 76.6 Å². The number of aryl methyl sites for hydroxylation is 2. The number of rotatable bonds is 6. The fourth-order valence-electron chi connectivity index (χ4n) is 6.31. The summed E-state index contributed by atoms with van der Waals surface area (Å²) in [6, 6.07) is 16.6. The molecule has 0 amide bonds. The maximum Gasteiger partial charge on any atom is 0.142 e. The van der Waals surface area contributed by atoms with Crippen LogP contribution in [-0.4, -0.2) is 20.4 Å². The Labute approximate surface area is 301 Å². The van der Waals surface area contributed by atoms with Crippen molar-refractivity contribution in [1.29, 1.82) is 0 Å². The molecule has 1 saturated carbocycles. The monoisotopic (exact) mass is 1010 g/mol. The Bertz CT molecular complexity index is 1510. The average molecular weight is 1010 g/mol. The molecule has 8 heteroatoms. The van der Waals surface area contributed by atoms with Crippen molar-refractivity contribution in [2.75, 3.05) is 0 Å². The summed E-state index contributed by atoms with van der Waals surface area (Å²) >= 11 is 8.62. The molecular formula is C34H32I4O4. The first kappa shape index (κ1) is 32.4. The Morgan fingerprint density at radius 1 is 0.524 bits per heavy atom. The van der Waals surface area contributed by atoms with Crippen molar-refractivity contribution in [3.63, 3.8) is 0 Å². The van der Waals surface area contributed by atoms with Crippen LogP contribution in [0.25, 0.3) is 0 Å². The average Bonchev–Trinajstić information content (AvgIpc) is 2.95. The first-order valence-corrected chi connectivity index (χ1v) is 18.2. The van der Waals surface area contributed by atoms with Gasteiger partial charge in [0, 0.05) is 18.3 Å². The van der Waals surface area contributed by atoms with Crippen LogP contribution in [0.3, 0.4) is 0 Å². The molecule has 220 valence electrons. The van der Waals surface area contributed by atoms with Gasteiger partial charge in [0.2, 0.25) is 0 Å². The number of halogens is 4. The molecule has 0 radical (unpaired) electrons. The first-order chi connectivity index (χ1) is 19.9. The van der Waals surface area contributed by atoms with Gasteiger partial charge in [-0.3, -0.25) is 0 Å². The van der Waals surface area contributed by atoms with Crippen molar-refractivity contribution in [2.24, 2.45) is 0 Å². The highest BCUT2D eigenvalue weighted by molar-refractivity contribution is 14.1. The van der Waals surface area contributed by atoms with E-state index in [1.54, 1.807) is 0 Å². The largest absolute Gasteiger partial charge is 0.507 e. The first-order valence-electron chi connectivity index (χ1n) is 13.9. The summed E-state index contributed by atoms with van der Waals surface area (Å²) in [6.07, 6.45) is 6.58. The van der Waals surface area contributed by atoms with Crippen molar-refractivity contribution >= 4 is 90.4 Å². The van der Waals surface area contributed by atoms with E-state index < -0.39 is 0 Å². The molecule has 0 saturated heterocycles. The molecule has 5 rings (SSSR count). The lowest BCUT2D eigenvalue weighted by Gasteiger charge is -2.40. The lowest BCUT2D eigenvalue weighted by molar-refractivity contribution is 0.344. The van der Waals surface area contributed by atoms with E-state index in [1.807, 2.05) is 38.1 Å². The molecule has 0 aliphatic heterocycles. The molecule has 0 aromatic heterocycles. The van der Waals surface area contributed by atoms with Crippen LogP contribution in [0.15, 0.2) is 48.5 Å². The third-order valence-corrected chi connectivity index (χ3v) is 11.8. The summed E-state index contributed by atoms with van der Waals surface area (Å²) in [5.74, 6) is 1.24. The molecule has 1 fully saturated rings. The molecule has 42 heavy (non-hydrogen) atoms. The van der Waals surface area contributed by atoms with Crippen molar-refractivity contribution in [1.82, 2.24) is 0 Å². The van der Waals surface area contributed by atoms with Crippen LogP contribution < -0.4 is 0 Å². The molecule has 0 atom stereocenters. The smallest absolute Gasteiger partial charge is 0.142 e. The zero-order chi connectivity index (χ0) is 30.3. The third kappa shape index (κ3) is 6.51. The van der Waals surface area contributed by atoms with E-state index in [1.165, 1.54) is 17.5 Å². The number of phenols is 4. The predicted octanol–water partition coefficient (Wildman–Crippen LogP) is 9.98. The van der Waals surface area contributed by atoms with Gasteiger partial charge in [0.25, 0.3) is 0 Å². The number of hydrogen-bond donors (Lipinski definition) is 4. The van der Waals surface area contributed by atoms with Gasteiger partial charge in [0.1, 0.15) is 23.0 Å². The second kappa shape index (κ2) is 13.2. The van der Waals surface area contributed by atoms with Gasteiger partial charge in [-0.05, 0) is 186 Å². The molecule has 4 aromatic carbocycles. The minimum atomic E-state index is -0.228. The zero-order valence-corrected chi connectivity index (χ0v) is 32.0. The van der Waals surface area contributed by atoms with E-state index in [0.717, 1.165) is 73.3 Å². The maximum absolute atomic E-state index is 11.2. The standard InChI is InChI=1S/C34H32I4O4/c1-18-8-24(16-22(30(18)39)10-20-12-26(35)32(41)27(36)13-20)34(6-4-3-5-7-34)25-9-19(2)31(40)23(17-25)11-21-14-28(37)33(42)29(38)15-21/h8-9,12-17,39-42H,3-7,10-11H2,1-2H3. The Balaban J connectivity index is 1.61. The van der Waals surface area contributed by atoms with E-state index in [4.69, 9.17) is 0 Å². The van der Waals surface area contributed by atoms with Gasteiger partial charge in [-0.25, -0.2) is 0 Å². The number of phenolic OH excluding ortho intramolecular Hbond substituents is 4. The van der Waals surface area contributed by atoms with Crippen LogP contribution in [-0.2, 0) is 18.3 Å². The summed E-state index contributed by atoms with van der Waals surface area (Å²) in [4.78, 5) is 0. The van der Waals surface area contributed by atoms with Gasteiger partial charge in [0.15, 0.2) is 0 Å². The number of benzene rings is 4. The molecule has 1 aliphatic rings. The molecular weight excluding hydrogens is 980 g/mol. The third-order valence-electron chi connectivity index (χ3n) is 8.51. The van der Waals surface area contributed by atoms with Gasteiger partial charge in [-0.15, -0.1) is 0 Å². The molecule has 1 aliphatic carbocycles. The van der Waals surface area contributed by atoms with Gasteiger partial charge < -0.3 is 20.4 Å². The summed E-state index contributed by atoms with van der Waals surface area (Å²) in [6.45, 7) is 3.95. The predicted molar refractivity (Wildman–Crippen MR) is 202 cm³/mol. The molecule has 0 unspecified atom stereocenters. The van der Waals surface area contributed by atoms with E-state index in [2.05, 4.69) is 115 Å². The molecule has 0 spiro atoms. The fourth-order valence-corrected chi connectivity index (χ4v) is 10.1. The van der Waals surface area contributed by atoms with Crippen LogP contribution in [0.5, 0.6) is 23.0 Å². The highest BCUT2D eigenvalue weighted by Crippen LogP contribution is 2.48. The Kier molecular flexibility index (Phi) is 10.1. The Morgan fingerprint density at radius 3 is 1.24 bits per heavy atom. The highest BCUT2D eigenvalue weighted by Gasteiger charge is 2.37. The van der Waals surface area contributed by atoms with E-state index in [9.17, 15) is 20.4 Å². The summed E-state index contributed by atoms with van der Waals surface area (Å²) in [7, 11) is 0. The molecule has 4 nitrogen and oxygen atoms in total. The molecule has 4 aromatic rings. The highest BCUT2D eigenvalue weighted by atomic mass is 127. The van der Waals surface area contributed by atoms with Crippen molar-refractivity contribution in [2.45, 2.75) is 64.2 Å². The van der Waals surface area contributed by atoms with Gasteiger partial charge >= 0.3 is 0 Å². The lowest BCUT2D eigenvalue weighted by Crippen LogP contribution is -2.31. The van der Waals surface area contributed by atoms with Crippen LogP contribution in [0.4, 0.5) is 0 Å². The van der Waals surface area contributed by atoms with E-state index in [-0.39, 0.29) is 5.41 Å². The van der Waals surface area contributed by atoms with Crippen LogP contribution in [0, 0.1) is 28.1 Å². The maximum atomic E-state index is 11.2. The molecule has 0 bridgehead atoms. The Morgan fingerprint density at radius 2 is 0.881 bits per heavy atom. The lowest BCUT2D eigenvalue weighted by atomic mass is 9.64. The van der Waals surface area contributed by atoms with Crippen LogP contribution in [0.2, 0.25) is 0 Å². The molecule has 4 N–H and O–H groups in total. The second-order valence-corrected chi connectivity index (χ2v) is 16.1. The Hall–Kier alpha value is -1.000. The topological polar surface area (TPSA) is 80.9 Å². The SMILES string of the molecule is Cc1cc(C2(c3cc(C)c(O)c(Cc4cc(I)c(O)c(I)c4)c3)CCCCC2)cc(Cc2cc(I)c(O)c(I)c2)c1O. The molecule has 0 heterocycles. The fraction of sp³-hybridized carbons (Fsp3) is 0.294. The van der Waals surface area contributed by atoms with Gasteiger partial charge in [-0.1, -0.05) is 43.5 Å². The number of hydrogen-bond acceptors (Lipinski definition) is 4. The number of aromatic hydroxyl groups is 4. The van der Waals surface area contributed by atoms with Gasteiger partial charge in [0.05, 0.1) is 14.3 Å². The van der Waals surface area contributed by atoms with Crippen molar-refractivity contribution < 1.29 is 20.4 Å². The zero-order valence-electron chi connectivity index (χ0n) is 23.4. The summed E-state index contributed by atoms with van der Waals surface area (Å²) in [5, 5.41) is 42.9. The van der Waals surface area contributed by atoms with Gasteiger partial charge in [-0.2, -0.15) is 0 Å². The van der Waals surface area contributed by atoms with Crippen LogP contribution >= 0.6 is 90.4 Å². The van der Waals surface area contributed by atoms with Crippen molar-refractivity contribution in [3.8, 4) is 23.0 Å². The van der Waals surface area contributed by atoms with E-state index >= 15 is 0 Å².